The molecule has 3 nitrogen and oxygen atoms in total. The van der Waals surface area contributed by atoms with Gasteiger partial charge < -0.3 is 9.29 Å². The first-order valence-electron chi connectivity index (χ1n) is 3.44. The Morgan fingerprint density at radius 1 is 1.40 bits per heavy atom. The van der Waals surface area contributed by atoms with Gasteiger partial charge in [0.2, 0.25) is 0 Å². The van der Waals surface area contributed by atoms with Gasteiger partial charge in [-0.25, -0.2) is 0 Å². The van der Waals surface area contributed by atoms with Crippen LogP contribution in [0.5, 0.6) is 5.75 Å². The third-order valence-corrected chi connectivity index (χ3v) is 2.48. The SMILES string of the molecule is O=S([O-])c1cc(Br)ccc1OC(F)(F)F. The summed E-state index contributed by atoms with van der Waals surface area (Å²) in [4.78, 5) is -0.554. The van der Waals surface area contributed by atoms with Crippen molar-refractivity contribution in [2.45, 2.75) is 11.3 Å². The molecule has 0 spiro atoms. The average molecular weight is 304 g/mol. The van der Waals surface area contributed by atoms with E-state index in [4.69, 9.17) is 0 Å². The van der Waals surface area contributed by atoms with Crippen molar-refractivity contribution in [3.05, 3.63) is 22.7 Å². The minimum Gasteiger partial charge on any atom is -0.768 e. The summed E-state index contributed by atoms with van der Waals surface area (Å²) >= 11 is 0.144. The molecule has 0 saturated carbocycles. The van der Waals surface area contributed by atoms with Crippen LogP contribution in [-0.2, 0) is 11.1 Å². The summed E-state index contributed by atoms with van der Waals surface area (Å²) < 4.78 is 60.6. The van der Waals surface area contributed by atoms with Gasteiger partial charge in [0, 0.05) is 4.47 Å². The molecule has 1 atom stereocenters. The first-order valence-corrected chi connectivity index (χ1v) is 5.31. The number of halogens is 4. The van der Waals surface area contributed by atoms with E-state index >= 15 is 0 Å². The van der Waals surface area contributed by atoms with E-state index in [2.05, 4.69) is 20.7 Å². The summed E-state index contributed by atoms with van der Waals surface area (Å²) in [6.07, 6.45) is -4.91. The Morgan fingerprint density at radius 3 is 2.47 bits per heavy atom. The lowest BCUT2D eigenvalue weighted by molar-refractivity contribution is -0.275. The standard InChI is InChI=1S/C7H4BrF3O3S/c8-4-1-2-5(14-7(9,10)11)6(3-4)15(12)13/h1-3H,(H,12,13)/p-1. The molecular weight excluding hydrogens is 301 g/mol. The van der Waals surface area contributed by atoms with Crippen molar-refractivity contribution in [3.63, 3.8) is 0 Å². The van der Waals surface area contributed by atoms with Crippen LogP contribution >= 0.6 is 15.9 Å². The van der Waals surface area contributed by atoms with Gasteiger partial charge in [0.15, 0.2) is 0 Å². The minimum absolute atomic E-state index is 0.344. The van der Waals surface area contributed by atoms with Gasteiger partial charge in [0.25, 0.3) is 0 Å². The van der Waals surface area contributed by atoms with Gasteiger partial charge in [-0.05, 0) is 29.3 Å². The van der Waals surface area contributed by atoms with Gasteiger partial charge in [0.1, 0.15) is 5.75 Å². The second-order valence-electron chi connectivity index (χ2n) is 2.37. The Kier molecular flexibility index (Phi) is 3.74. The quantitative estimate of drug-likeness (QED) is 0.789. The monoisotopic (exact) mass is 303 g/mol. The molecule has 1 aromatic carbocycles. The fourth-order valence-electron chi connectivity index (χ4n) is 0.821. The van der Waals surface area contributed by atoms with Crippen LogP contribution in [0.4, 0.5) is 13.2 Å². The largest absolute Gasteiger partial charge is 0.768 e. The van der Waals surface area contributed by atoms with E-state index in [0.717, 1.165) is 12.1 Å². The fraction of sp³-hybridized carbons (Fsp3) is 0.143. The van der Waals surface area contributed by atoms with Crippen molar-refractivity contribution in [1.82, 2.24) is 0 Å². The Labute approximate surface area is 93.7 Å². The minimum atomic E-state index is -4.91. The van der Waals surface area contributed by atoms with Crippen LogP contribution < -0.4 is 4.74 Å². The highest BCUT2D eigenvalue weighted by molar-refractivity contribution is 9.10. The highest BCUT2D eigenvalue weighted by Crippen LogP contribution is 2.30. The number of ether oxygens (including phenoxy) is 1. The highest BCUT2D eigenvalue weighted by Gasteiger charge is 2.32. The molecule has 84 valence electrons. The first-order chi connectivity index (χ1) is 6.79. The summed E-state index contributed by atoms with van der Waals surface area (Å²) in [6.45, 7) is 0. The van der Waals surface area contributed by atoms with E-state index in [-0.39, 0.29) is 0 Å². The molecular formula is C7H3BrF3O3S-. The molecule has 0 radical (unpaired) electrons. The molecule has 0 aliphatic rings. The zero-order chi connectivity index (χ0) is 11.6. The molecule has 0 N–H and O–H groups in total. The van der Waals surface area contributed by atoms with E-state index in [9.17, 15) is 21.9 Å². The Balaban J connectivity index is 3.12. The topological polar surface area (TPSA) is 49.4 Å². The molecule has 8 heteroatoms. The van der Waals surface area contributed by atoms with E-state index in [1.165, 1.54) is 6.07 Å². The normalized spacial score (nSPS) is 13.7. The number of hydrogen-bond acceptors (Lipinski definition) is 3. The zero-order valence-electron chi connectivity index (χ0n) is 6.88. The highest BCUT2D eigenvalue weighted by atomic mass is 79.9. The average Bonchev–Trinajstić information content (AvgIpc) is 2.05. The van der Waals surface area contributed by atoms with Crippen LogP contribution in [0.2, 0.25) is 0 Å². The zero-order valence-corrected chi connectivity index (χ0v) is 9.28. The lowest BCUT2D eigenvalue weighted by atomic mass is 10.3. The molecule has 0 fully saturated rings. The molecule has 0 bridgehead atoms. The number of rotatable bonds is 2. The smallest absolute Gasteiger partial charge is 0.573 e. The van der Waals surface area contributed by atoms with Crippen molar-refractivity contribution in [2.24, 2.45) is 0 Å². The molecule has 0 aliphatic heterocycles. The van der Waals surface area contributed by atoms with Crippen LogP contribution in [0.25, 0.3) is 0 Å². The fourth-order valence-corrected chi connectivity index (χ4v) is 1.83. The van der Waals surface area contributed by atoms with E-state index in [1.807, 2.05) is 0 Å². The summed E-state index contributed by atoms with van der Waals surface area (Å²) in [7, 11) is 0. The van der Waals surface area contributed by atoms with Gasteiger partial charge in [-0.1, -0.05) is 15.9 Å². The maximum atomic E-state index is 11.9. The van der Waals surface area contributed by atoms with E-state index in [1.54, 1.807) is 0 Å². The van der Waals surface area contributed by atoms with Crippen LogP contribution in [0.3, 0.4) is 0 Å². The Hall–Kier alpha value is -0.600. The second-order valence-corrected chi connectivity index (χ2v) is 4.20. The summed E-state index contributed by atoms with van der Waals surface area (Å²) in [5.74, 6) is -0.751. The Morgan fingerprint density at radius 2 is 2.00 bits per heavy atom. The predicted molar refractivity (Wildman–Crippen MR) is 48.0 cm³/mol. The molecule has 0 heterocycles. The summed E-state index contributed by atoms with van der Waals surface area (Å²) in [5.41, 5.74) is 0. The molecule has 1 aromatic rings. The molecule has 0 saturated heterocycles. The maximum Gasteiger partial charge on any atom is 0.573 e. The van der Waals surface area contributed by atoms with Crippen LogP contribution in [0.1, 0.15) is 0 Å². The van der Waals surface area contributed by atoms with Crippen LogP contribution in [-0.4, -0.2) is 15.1 Å². The van der Waals surface area contributed by atoms with Gasteiger partial charge in [-0.3, -0.25) is 4.21 Å². The molecule has 0 aromatic heterocycles. The third kappa shape index (κ3) is 3.80. The van der Waals surface area contributed by atoms with Crippen molar-refractivity contribution in [2.75, 3.05) is 0 Å². The van der Waals surface area contributed by atoms with Gasteiger partial charge in [-0.2, -0.15) is 0 Å². The van der Waals surface area contributed by atoms with Crippen LogP contribution in [0, 0.1) is 0 Å². The third-order valence-electron chi connectivity index (χ3n) is 1.31. The lowest BCUT2D eigenvalue weighted by Gasteiger charge is -2.14. The number of benzene rings is 1. The summed E-state index contributed by atoms with van der Waals surface area (Å²) in [5, 5.41) is 0. The van der Waals surface area contributed by atoms with Crippen LogP contribution in [0.15, 0.2) is 27.6 Å². The van der Waals surface area contributed by atoms with Gasteiger partial charge in [-0.15, -0.1) is 13.2 Å². The number of alkyl halides is 3. The van der Waals surface area contributed by atoms with Crippen molar-refractivity contribution < 1.29 is 26.7 Å². The van der Waals surface area contributed by atoms with Crippen molar-refractivity contribution >= 4 is 27.0 Å². The molecule has 0 aliphatic carbocycles. The number of hydrogen-bond donors (Lipinski definition) is 0. The van der Waals surface area contributed by atoms with Crippen molar-refractivity contribution in [3.8, 4) is 5.75 Å². The molecule has 15 heavy (non-hydrogen) atoms. The Bertz CT molecular complexity index is 394. The lowest BCUT2D eigenvalue weighted by Crippen LogP contribution is -2.18. The maximum absolute atomic E-state index is 11.9. The van der Waals surface area contributed by atoms with Crippen molar-refractivity contribution in [1.29, 1.82) is 0 Å². The van der Waals surface area contributed by atoms with E-state index in [0.29, 0.717) is 4.47 Å². The summed E-state index contributed by atoms with van der Waals surface area (Å²) in [6, 6.07) is 3.18. The molecule has 1 rings (SSSR count). The molecule has 0 amide bonds. The van der Waals surface area contributed by atoms with Gasteiger partial charge >= 0.3 is 6.36 Å². The molecule has 1 unspecified atom stereocenters. The van der Waals surface area contributed by atoms with E-state index < -0.39 is 28.1 Å². The second kappa shape index (κ2) is 4.50. The van der Waals surface area contributed by atoms with Gasteiger partial charge in [0.05, 0.1) is 4.90 Å². The first kappa shape index (κ1) is 12.5. The predicted octanol–water partition coefficient (Wildman–Crippen LogP) is 2.59.